The molecule has 1 aliphatic rings. The summed E-state index contributed by atoms with van der Waals surface area (Å²) in [5.41, 5.74) is 4.95. The van der Waals surface area contributed by atoms with Gasteiger partial charge in [-0.05, 0) is 51.0 Å². The topological polar surface area (TPSA) is 90.7 Å². The summed E-state index contributed by atoms with van der Waals surface area (Å²) in [4.78, 5) is 13.3. The van der Waals surface area contributed by atoms with Crippen LogP contribution in [0, 0.1) is 0 Å². The lowest BCUT2D eigenvalue weighted by atomic mass is 10.0. The first-order chi connectivity index (χ1) is 13.6. The zero-order chi connectivity index (χ0) is 19.7. The number of nitrogens with zero attached hydrogens (tertiary/aromatic N) is 5. The van der Waals surface area contributed by atoms with E-state index < -0.39 is 0 Å². The predicted octanol–water partition coefficient (Wildman–Crippen LogP) is 3.66. The summed E-state index contributed by atoms with van der Waals surface area (Å²) in [7, 11) is 1.72. The Morgan fingerprint density at radius 1 is 1.29 bits per heavy atom. The van der Waals surface area contributed by atoms with Crippen molar-refractivity contribution in [3.63, 3.8) is 0 Å². The van der Waals surface area contributed by atoms with E-state index in [1.807, 2.05) is 50.5 Å². The third kappa shape index (κ3) is 3.35. The number of imidazole rings is 1. The van der Waals surface area contributed by atoms with Crippen molar-refractivity contribution in [1.82, 2.24) is 14.5 Å². The Morgan fingerprint density at radius 3 is 2.75 bits per heavy atom. The van der Waals surface area contributed by atoms with Gasteiger partial charge in [-0.25, -0.2) is 4.98 Å². The van der Waals surface area contributed by atoms with E-state index in [2.05, 4.69) is 24.6 Å². The lowest BCUT2D eigenvalue weighted by Crippen LogP contribution is -2.15. The molecule has 1 atom stereocenters. The predicted molar refractivity (Wildman–Crippen MR) is 111 cm³/mol. The average molecular weight is 376 g/mol. The molecule has 0 saturated heterocycles. The molecule has 2 heterocycles. The Labute approximate surface area is 164 Å². The minimum absolute atomic E-state index is 0.207. The van der Waals surface area contributed by atoms with Gasteiger partial charge in [0.15, 0.2) is 0 Å². The molecule has 2 N–H and O–H groups in total. The molecule has 1 aliphatic carbocycles. The smallest absolute Gasteiger partial charge is 0.146 e. The van der Waals surface area contributed by atoms with Gasteiger partial charge in [-0.3, -0.25) is 9.98 Å². The molecular formula is C21H24N6O. The Balaban J connectivity index is 1.82. The van der Waals surface area contributed by atoms with Crippen LogP contribution in [0.3, 0.4) is 0 Å². The number of hydrogen-bond acceptors (Lipinski definition) is 6. The highest BCUT2D eigenvalue weighted by molar-refractivity contribution is 6.47. The minimum Gasteiger partial charge on any atom is -0.482 e. The summed E-state index contributed by atoms with van der Waals surface area (Å²) in [5, 5.41) is 3.95. The number of ether oxygens (including phenoxy) is 1. The number of pyridine rings is 1. The molecule has 0 amide bonds. The quantitative estimate of drug-likeness (QED) is 0.404. The van der Waals surface area contributed by atoms with Gasteiger partial charge in [0, 0.05) is 24.8 Å². The SMILES string of the molecule is CN=C(C)/C(=N\N)c1cc(OC(C)c2ccccn2)c2c(c1)ncn2C1CC1. The van der Waals surface area contributed by atoms with Crippen LogP contribution in [-0.4, -0.2) is 33.0 Å². The maximum atomic E-state index is 6.38. The van der Waals surface area contributed by atoms with Crippen molar-refractivity contribution < 1.29 is 4.74 Å². The number of fused-ring (bicyclic) bond motifs is 1. The number of benzene rings is 1. The van der Waals surface area contributed by atoms with Gasteiger partial charge < -0.3 is 15.1 Å². The highest BCUT2D eigenvalue weighted by Gasteiger charge is 2.27. The van der Waals surface area contributed by atoms with Crippen molar-refractivity contribution in [2.75, 3.05) is 7.05 Å². The van der Waals surface area contributed by atoms with E-state index >= 15 is 0 Å². The van der Waals surface area contributed by atoms with E-state index in [1.54, 1.807) is 13.2 Å². The van der Waals surface area contributed by atoms with Crippen molar-refractivity contribution in [2.45, 2.75) is 38.8 Å². The second-order valence-corrected chi connectivity index (χ2v) is 7.03. The molecule has 4 rings (SSSR count). The van der Waals surface area contributed by atoms with Crippen LogP contribution < -0.4 is 10.6 Å². The van der Waals surface area contributed by atoms with E-state index in [4.69, 9.17) is 10.6 Å². The van der Waals surface area contributed by atoms with Crippen molar-refractivity contribution >= 4 is 22.5 Å². The average Bonchev–Trinajstić information content (AvgIpc) is 3.48. The first-order valence-electron chi connectivity index (χ1n) is 9.42. The normalized spacial score (nSPS) is 16.4. The van der Waals surface area contributed by atoms with Crippen molar-refractivity contribution in [3.05, 3.63) is 54.1 Å². The summed E-state index contributed by atoms with van der Waals surface area (Å²) in [6, 6.07) is 10.3. The molecule has 7 nitrogen and oxygen atoms in total. The second kappa shape index (κ2) is 7.42. The van der Waals surface area contributed by atoms with Crippen LogP contribution in [0.5, 0.6) is 5.75 Å². The van der Waals surface area contributed by atoms with Crippen molar-refractivity contribution in [1.29, 1.82) is 0 Å². The van der Waals surface area contributed by atoms with Gasteiger partial charge in [-0.1, -0.05) is 6.07 Å². The van der Waals surface area contributed by atoms with Crippen LogP contribution in [0.25, 0.3) is 11.0 Å². The van der Waals surface area contributed by atoms with Gasteiger partial charge in [-0.15, -0.1) is 0 Å². The fraction of sp³-hybridized carbons (Fsp3) is 0.333. The highest BCUT2D eigenvalue weighted by atomic mass is 16.5. The maximum Gasteiger partial charge on any atom is 0.146 e. The van der Waals surface area contributed by atoms with E-state index in [0.29, 0.717) is 11.8 Å². The molecule has 1 aromatic carbocycles. The fourth-order valence-corrected chi connectivity index (χ4v) is 3.34. The molecule has 1 unspecified atom stereocenters. The van der Waals surface area contributed by atoms with Crippen molar-refractivity contribution in [3.8, 4) is 5.75 Å². The molecular weight excluding hydrogens is 352 g/mol. The third-order valence-electron chi connectivity index (χ3n) is 5.06. The van der Waals surface area contributed by atoms with E-state index in [0.717, 1.165) is 33.8 Å². The summed E-state index contributed by atoms with van der Waals surface area (Å²) in [6.07, 6.45) is 5.79. The molecule has 0 spiro atoms. The number of aromatic nitrogens is 3. The molecule has 2 aromatic heterocycles. The fourth-order valence-electron chi connectivity index (χ4n) is 3.34. The van der Waals surface area contributed by atoms with Gasteiger partial charge in [0.25, 0.3) is 0 Å². The Bertz CT molecular complexity index is 1050. The van der Waals surface area contributed by atoms with Crippen molar-refractivity contribution in [2.24, 2.45) is 15.9 Å². The summed E-state index contributed by atoms with van der Waals surface area (Å²) >= 11 is 0. The zero-order valence-electron chi connectivity index (χ0n) is 16.3. The molecule has 3 aromatic rings. The van der Waals surface area contributed by atoms with E-state index in [9.17, 15) is 0 Å². The number of aliphatic imine (C=N–C) groups is 1. The summed E-state index contributed by atoms with van der Waals surface area (Å²) < 4.78 is 8.59. The maximum absolute atomic E-state index is 6.38. The lowest BCUT2D eigenvalue weighted by Gasteiger charge is -2.17. The van der Waals surface area contributed by atoms with Gasteiger partial charge >= 0.3 is 0 Å². The minimum atomic E-state index is -0.207. The summed E-state index contributed by atoms with van der Waals surface area (Å²) in [6.45, 7) is 3.88. The van der Waals surface area contributed by atoms with E-state index in [-0.39, 0.29) is 6.10 Å². The molecule has 1 saturated carbocycles. The third-order valence-corrected chi connectivity index (χ3v) is 5.06. The Morgan fingerprint density at radius 2 is 2.11 bits per heavy atom. The van der Waals surface area contributed by atoms with Crippen LogP contribution in [0.2, 0.25) is 0 Å². The summed E-state index contributed by atoms with van der Waals surface area (Å²) in [5.74, 6) is 6.41. The molecule has 1 fully saturated rings. The van der Waals surface area contributed by atoms with Crippen LogP contribution in [0.1, 0.15) is 50.1 Å². The number of rotatable bonds is 6. The van der Waals surface area contributed by atoms with Gasteiger partial charge in [-0.2, -0.15) is 5.10 Å². The van der Waals surface area contributed by atoms with Gasteiger partial charge in [0.1, 0.15) is 23.1 Å². The zero-order valence-corrected chi connectivity index (χ0v) is 16.3. The van der Waals surface area contributed by atoms with Crippen LogP contribution >= 0.6 is 0 Å². The molecule has 7 heteroatoms. The standard InChI is InChI=1S/C21H24N6O/c1-13(23-3)20(26-22)15-10-18-21(27(12-25-18)16-7-8-16)19(11-15)28-14(2)17-6-4-5-9-24-17/h4-6,9-12,14,16H,7-8,22H2,1-3H3/b23-13?,26-20+. The highest BCUT2D eigenvalue weighted by Crippen LogP contribution is 2.40. The largest absolute Gasteiger partial charge is 0.482 e. The van der Waals surface area contributed by atoms with Crippen LogP contribution in [0.15, 0.2) is 52.9 Å². The Hall–Kier alpha value is -3.22. The van der Waals surface area contributed by atoms with Gasteiger partial charge in [0.2, 0.25) is 0 Å². The molecule has 28 heavy (non-hydrogen) atoms. The van der Waals surface area contributed by atoms with E-state index in [1.165, 1.54) is 12.8 Å². The molecule has 0 aliphatic heterocycles. The number of nitrogens with two attached hydrogens (primary N) is 1. The number of hydrazone groups is 1. The van der Waals surface area contributed by atoms with Crippen LogP contribution in [0.4, 0.5) is 0 Å². The lowest BCUT2D eigenvalue weighted by molar-refractivity contribution is 0.224. The second-order valence-electron chi connectivity index (χ2n) is 7.03. The van der Waals surface area contributed by atoms with Gasteiger partial charge in [0.05, 0.1) is 23.2 Å². The first-order valence-corrected chi connectivity index (χ1v) is 9.42. The molecule has 144 valence electrons. The Kier molecular flexibility index (Phi) is 4.81. The first kappa shape index (κ1) is 18.2. The monoisotopic (exact) mass is 376 g/mol. The number of hydrogen-bond donors (Lipinski definition) is 1. The molecule has 0 bridgehead atoms. The molecule has 0 radical (unpaired) electrons. The van der Waals surface area contributed by atoms with Crippen LogP contribution in [-0.2, 0) is 0 Å².